The van der Waals surface area contributed by atoms with Crippen LogP contribution in [0.15, 0.2) is 53.0 Å². The van der Waals surface area contributed by atoms with E-state index in [1.165, 1.54) is 5.56 Å². The molecule has 0 saturated heterocycles. The van der Waals surface area contributed by atoms with Gasteiger partial charge >= 0.3 is 0 Å². The average molecular weight is 540 g/mol. The summed E-state index contributed by atoms with van der Waals surface area (Å²) in [5.41, 5.74) is 3.07. The largest absolute Gasteiger partial charge is 0.362 e. The number of nitrogens with zero attached hydrogens (tertiary/aromatic N) is 4. The zero-order chi connectivity index (χ0) is 23.7. The molecule has 2 aromatic heterocycles. The molecule has 5 rings (SSSR count). The van der Waals surface area contributed by atoms with Gasteiger partial charge in [-0.25, -0.2) is 9.97 Å². The minimum atomic E-state index is 0.376. The highest BCUT2D eigenvalue weighted by atomic mass is 79.9. The molecule has 176 valence electrons. The maximum Gasteiger partial charge on any atom is 0.225 e. The standard InChI is InChI=1S/C26H28BrClN6/c1-34(2)25-20-5-3-4-6-22(20)32-26(33-25)30-19-10-8-18(9-11-19)29-15-16-13-24(28)31-23-12-7-17(27)14-21(16)23/h3-7,12-14,18-19,29H,8-11,15H2,1-2H3,(H,30,32,33)/t18-,19+. The highest BCUT2D eigenvalue weighted by Gasteiger charge is 2.22. The monoisotopic (exact) mass is 538 g/mol. The Morgan fingerprint density at radius 2 is 1.65 bits per heavy atom. The quantitative estimate of drug-likeness (QED) is 0.286. The fourth-order valence-electron chi connectivity index (χ4n) is 4.72. The number of pyridine rings is 1. The van der Waals surface area contributed by atoms with Crippen molar-refractivity contribution in [2.45, 2.75) is 44.3 Å². The summed E-state index contributed by atoms with van der Waals surface area (Å²) in [4.78, 5) is 16.1. The topological polar surface area (TPSA) is 66.0 Å². The number of aromatic nitrogens is 3. The second-order valence-corrected chi connectivity index (χ2v) is 10.4. The number of anilines is 2. The summed E-state index contributed by atoms with van der Waals surface area (Å²) in [5, 5.41) is 10.1. The molecule has 34 heavy (non-hydrogen) atoms. The molecule has 4 aromatic rings. The van der Waals surface area contributed by atoms with Crippen molar-refractivity contribution in [1.29, 1.82) is 0 Å². The van der Waals surface area contributed by atoms with Crippen LogP contribution in [0.5, 0.6) is 0 Å². The van der Waals surface area contributed by atoms with Gasteiger partial charge in [0.2, 0.25) is 5.95 Å². The molecule has 0 unspecified atom stereocenters. The van der Waals surface area contributed by atoms with Crippen molar-refractivity contribution in [3.8, 4) is 0 Å². The van der Waals surface area contributed by atoms with Crippen molar-refractivity contribution in [3.05, 3.63) is 63.7 Å². The highest BCUT2D eigenvalue weighted by molar-refractivity contribution is 9.10. The molecular formula is C26H28BrClN6. The normalized spacial score (nSPS) is 18.4. The molecule has 1 saturated carbocycles. The number of halogens is 2. The van der Waals surface area contributed by atoms with Crippen LogP contribution in [0, 0.1) is 0 Å². The van der Waals surface area contributed by atoms with Crippen molar-refractivity contribution in [1.82, 2.24) is 20.3 Å². The summed E-state index contributed by atoms with van der Waals surface area (Å²) in [6, 6.07) is 17.1. The van der Waals surface area contributed by atoms with Crippen LogP contribution >= 0.6 is 27.5 Å². The van der Waals surface area contributed by atoms with Crippen LogP contribution < -0.4 is 15.5 Å². The van der Waals surface area contributed by atoms with Crippen molar-refractivity contribution < 1.29 is 0 Å². The third-order valence-corrected chi connectivity index (χ3v) is 7.16. The molecule has 1 aliphatic carbocycles. The molecule has 8 heteroatoms. The van der Waals surface area contributed by atoms with E-state index in [0.29, 0.717) is 23.2 Å². The van der Waals surface area contributed by atoms with Gasteiger partial charge in [0.15, 0.2) is 0 Å². The fraction of sp³-hybridized carbons (Fsp3) is 0.346. The molecule has 0 aliphatic heterocycles. The minimum absolute atomic E-state index is 0.376. The first-order valence-corrected chi connectivity index (χ1v) is 12.8. The second-order valence-electron chi connectivity index (χ2n) is 9.12. The van der Waals surface area contributed by atoms with E-state index in [9.17, 15) is 0 Å². The van der Waals surface area contributed by atoms with Crippen LogP contribution in [-0.2, 0) is 6.54 Å². The summed E-state index contributed by atoms with van der Waals surface area (Å²) in [5.74, 6) is 1.65. The lowest BCUT2D eigenvalue weighted by Crippen LogP contribution is -2.37. The van der Waals surface area contributed by atoms with Crippen LogP contribution in [-0.4, -0.2) is 41.1 Å². The third kappa shape index (κ3) is 5.11. The molecule has 1 fully saturated rings. The Hall–Kier alpha value is -2.48. The van der Waals surface area contributed by atoms with Crippen LogP contribution in [0.3, 0.4) is 0 Å². The molecule has 0 amide bonds. The third-order valence-electron chi connectivity index (χ3n) is 6.47. The Balaban J connectivity index is 1.22. The lowest BCUT2D eigenvalue weighted by Gasteiger charge is -2.30. The zero-order valence-corrected chi connectivity index (χ0v) is 21.7. The molecular weight excluding hydrogens is 512 g/mol. The first-order chi connectivity index (χ1) is 16.5. The molecule has 2 heterocycles. The predicted octanol–water partition coefficient (Wildman–Crippen LogP) is 6.17. The average Bonchev–Trinajstić information content (AvgIpc) is 2.83. The summed E-state index contributed by atoms with van der Waals surface area (Å²) in [6.07, 6.45) is 4.36. The zero-order valence-electron chi connectivity index (χ0n) is 19.4. The lowest BCUT2D eigenvalue weighted by atomic mass is 9.91. The van der Waals surface area contributed by atoms with E-state index in [0.717, 1.165) is 64.3 Å². The first kappa shape index (κ1) is 23.3. The van der Waals surface area contributed by atoms with Gasteiger partial charge in [-0.1, -0.05) is 39.7 Å². The molecule has 0 bridgehead atoms. The highest BCUT2D eigenvalue weighted by Crippen LogP contribution is 2.28. The summed E-state index contributed by atoms with van der Waals surface area (Å²) in [6.45, 7) is 0.776. The Kier molecular flexibility index (Phi) is 6.86. The minimum Gasteiger partial charge on any atom is -0.362 e. The van der Waals surface area contributed by atoms with Crippen molar-refractivity contribution in [2.75, 3.05) is 24.3 Å². The van der Waals surface area contributed by atoms with Gasteiger partial charge in [-0.05, 0) is 67.6 Å². The van der Waals surface area contributed by atoms with Crippen LogP contribution in [0.25, 0.3) is 21.8 Å². The molecule has 0 spiro atoms. The molecule has 6 nitrogen and oxygen atoms in total. The number of rotatable bonds is 6. The number of nitrogens with one attached hydrogen (secondary N) is 2. The maximum absolute atomic E-state index is 6.27. The summed E-state index contributed by atoms with van der Waals surface area (Å²) >= 11 is 9.85. The Morgan fingerprint density at radius 3 is 2.44 bits per heavy atom. The van der Waals surface area contributed by atoms with Gasteiger partial charge in [-0.2, -0.15) is 4.98 Å². The number of hydrogen-bond acceptors (Lipinski definition) is 6. The number of para-hydroxylation sites is 1. The Bertz CT molecular complexity index is 1320. The summed E-state index contributed by atoms with van der Waals surface area (Å²) < 4.78 is 1.05. The molecule has 0 atom stereocenters. The van der Waals surface area contributed by atoms with E-state index < -0.39 is 0 Å². The van der Waals surface area contributed by atoms with Gasteiger partial charge in [0, 0.05) is 48.0 Å². The van der Waals surface area contributed by atoms with E-state index in [4.69, 9.17) is 21.6 Å². The van der Waals surface area contributed by atoms with E-state index in [2.05, 4.69) is 43.7 Å². The van der Waals surface area contributed by atoms with Gasteiger partial charge < -0.3 is 15.5 Å². The Morgan fingerprint density at radius 1 is 0.912 bits per heavy atom. The van der Waals surface area contributed by atoms with Crippen LogP contribution in [0.2, 0.25) is 5.15 Å². The fourth-order valence-corrected chi connectivity index (χ4v) is 5.31. The summed E-state index contributed by atoms with van der Waals surface area (Å²) in [7, 11) is 4.04. The van der Waals surface area contributed by atoms with Crippen molar-refractivity contribution in [3.63, 3.8) is 0 Å². The molecule has 2 aromatic carbocycles. The maximum atomic E-state index is 6.27. The van der Waals surface area contributed by atoms with Crippen LogP contribution in [0.4, 0.5) is 11.8 Å². The van der Waals surface area contributed by atoms with Crippen molar-refractivity contribution in [2.24, 2.45) is 0 Å². The molecule has 0 radical (unpaired) electrons. The van der Waals surface area contributed by atoms with E-state index in [1.807, 2.05) is 55.4 Å². The van der Waals surface area contributed by atoms with Crippen LogP contribution in [0.1, 0.15) is 31.2 Å². The Labute approximate surface area is 213 Å². The SMILES string of the molecule is CN(C)c1nc(N[C@H]2CC[C@@H](NCc3cc(Cl)nc4ccc(Br)cc34)CC2)nc2ccccc12. The number of fused-ring (bicyclic) bond motifs is 2. The smallest absolute Gasteiger partial charge is 0.225 e. The lowest BCUT2D eigenvalue weighted by molar-refractivity contribution is 0.352. The van der Waals surface area contributed by atoms with Gasteiger partial charge in [0.25, 0.3) is 0 Å². The first-order valence-electron chi connectivity index (χ1n) is 11.6. The van der Waals surface area contributed by atoms with Gasteiger partial charge in [0.05, 0.1) is 11.0 Å². The van der Waals surface area contributed by atoms with Crippen molar-refractivity contribution >= 4 is 61.1 Å². The van der Waals surface area contributed by atoms with Gasteiger partial charge in [-0.15, -0.1) is 0 Å². The predicted molar refractivity (Wildman–Crippen MR) is 145 cm³/mol. The number of benzene rings is 2. The van der Waals surface area contributed by atoms with E-state index in [1.54, 1.807) is 0 Å². The second kappa shape index (κ2) is 10.0. The molecule has 1 aliphatic rings. The van der Waals surface area contributed by atoms with Gasteiger partial charge in [0.1, 0.15) is 11.0 Å². The van der Waals surface area contributed by atoms with Gasteiger partial charge in [-0.3, -0.25) is 0 Å². The van der Waals surface area contributed by atoms with E-state index in [-0.39, 0.29) is 0 Å². The molecule has 2 N–H and O–H groups in total. The van der Waals surface area contributed by atoms with E-state index >= 15 is 0 Å². The number of hydrogen-bond donors (Lipinski definition) is 2.